The molecule has 78 valence electrons. The summed E-state index contributed by atoms with van der Waals surface area (Å²) in [7, 11) is 0. The van der Waals surface area contributed by atoms with Gasteiger partial charge in [-0.05, 0) is 0 Å². The molecule has 0 saturated heterocycles. The number of nitriles is 1. The highest BCUT2D eigenvalue weighted by Crippen LogP contribution is 2.11. The van der Waals surface area contributed by atoms with Crippen LogP contribution in [0.4, 0.5) is 5.13 Å². The van der Waals surface area contributed by atoms with Gasteiger partial charge in [-0.2, -0.15) is 5.26 Å². The summed E-state index contributed by atoms with van der Waals surface area (Å²) in [6.07, 6.45) is 0. The van der Waals surface area contributed by atoms with Gasteiger partial charge in [0.2, 0.25) is 5.71 Å². The molecule has 1 rings (SSSR count). The Balaban J connectivity index is 2.52. The molecule has 0 unspecified atom stereocenters. The highest BCUT2D eigenvalue weighted by atomic mass is 32.1. The molecule has 0 fully saturated rings. The Kier molecular flexibility index (Phi) is 3.59. The third kappa shape index (κ3) is 3.24. The van der Waals surface area contributed by atoms with Crippen LogP contribution in [0.15, 0.2) is 10.5 Å². The number of nitrogen functional groups attached to an aromatic ring is 1. The van der Waals surface area contributed by atoms with Crippen LogP contribution >= 0.6 is 11.3 Å². The molecule has 0 bridgehead atoms. The molecule has 0 radical (unpaired) electrons. The minimum absolute atomic E-state index is 0.0339. The standard InChI is InChI=1S/C7H7N5O2S/c8-1-5(6(9)13)12-14-2-4-3-15-7(10)11-4/h3H,2H2,(H2,9,13)(H2,10,11)/b12-5-. The van der Waals surface area contributed by atoms with Crippen molar-refractivity contribution in [3.8, 4) is 6.07 Å². The molecule has 0 aliphatic carbocycles. The zero-order valence-corrected chi connectivity index (χ0v) is 8.32. The Hall–Kier alpha value is -2.14. The SMILES string of the molecule is N#C/C(=N/OCc1csc(N)n1)C(N)=O. The van der Waals surface area contributed by atoms with E-state index in [2.05, 4.69) is 10.1 Å². The molecule has 1 heterocycles. The Morgan fingerprint density at radius 1 is 1.80 bits per heavy atom. The normalized spacial score (nSPS) is 10.7. The number of primary amides is 1. The first-order chi connectivity index (χ1) is 7.13. The molecule has 15 heavy (non-hydrogen) atoms. The molecule has 1 amide bonds. The number of aromatic nitrogens is 1. The molecule has 8 heteroatoms. The number of nitrogens with two attached hydrogens (primary N) is 2. The summed E-state index contributed by atoms with van der Waals surface area (Å²) in [4.78, 5) is 19.1. The van der Waals surface area contributed by atoms with Crippen molar-refractivity contribution in [2.75, 3.05) is 5.73 Å². The number of amides is 1. The number of anilines is 1. The van der Waals surface area contributed by atoms with Crippen LogP contribution in [0.1, 0.15) is 5.69 Å². The van der Waals surface area contributed by atoms with Gasteiger partial charge in [0, 0.05) is 5.38 Å². The van der Waals surface area contributed by atoms with Crippen molar-refractivity contribution in [2.45, 2.75) is 6.61 Å². The second kappa shape index (κ2) is 4.92. The van der Waals surface area contributed by atoms with E-state index in [-0.39, 0.29) is 6.61 Å². The molecule has 1 aromatic rings. The lowest BCUT2D eigenvalue weighted by atomic mass is 10.4. The minimum atomic E-state index is -0.935. The van der Waals surface area contributed by atoms with Gasteiger partial charge in [-0.15, -0.1) is 11.3 Å². The van der Waals surface area contributed by atoms with Crippen LogP contribution in [0.3, 0.4) is 0 Å². The fraction of sp³-hybridized carbons (Fsp3) is 0.143. The molecular weight excluding hydrogens is 218 g/mol. The first kappa shape index (κ1) is 10.9. The number of hydrogen-bond donors (Lipinski definition) is 2. The van der Waals surface area contributed by atoms with Crippen LogP contribution in [0.5, 0.6) is 0 Å². The highest BCUT2D eigenvalue weighted by Gasteiger charge is 2.06. The summed E-state index contributed by atoms with van der Waals surface area (Å²) >= 11 is 1.26. The lowest BCUT2D eigenvalue weighted by Gasteiger charge is -1.94. The van der Waals surface area contributed by atoms with E-state index in [0.29, 0.717) is 10.8 Å². The predicted molar refractivity (Wildman–Crippen MR) is 53.6 cm³/mol. The molecule has 4 N–H and O–H groups in total. The third-order valence-corrected chi connectivity index (χ3v) is 2.00. The van der Waals surface area contributed by atoms with Gasteiger partial charge in [0.1, 0.15) is 6.07 Å². The lowest BCUT2D eigenvalue weighted by Crippen LogP contribution is -2.21. The van der Waals surface area contributed by atoms with Crippen molar-refractivity contribution in [3.05, 3.63) is 11.1 Å². The summed E-state index contributed by atoms with van der Waals surface area (Å²) in [5.74, 6) is -0.935. The van der Waals surface area contributed by atoms with Crippen LogP contribution in [0, 0.1) is 11.3 Å². The van der Waals surface area contributed by atoms with E-state index in [1.165, 1.54) is 17.4 Å². The van der Waals surface area contributed by atoms with E-state index in [1.54, 1.807) is 5.38 Å². The highest BCUT2D eigenvalue weighted by molar-refractivity contribution is 7.13. The molecule has 7 nitrogen and oxygen atoms in total. The van der Waals surface area contributed by atoms with E-state index >= 15 is 0 Å². The summed E-state index contributed by atoms with van der Waals surface area (Å²) in [6.45, 7) is 0.0339. The third-order valence-electron chi connectivity index (χ3n) is 1.28. The van der Waals surface area contributed by atoms with E-state index in [0.717, 1.165) is 0 Å². The zero-order chi connectivity index (χ0) is 11.3. The largest absolute Gasteiger partial charge is 0.388 e. The van der Waals surface area contributed by atoms with Gasteiger partial charge in [-0.3, -0.25) is 4.79 Å². The molecule has 0 aromatic carbocycles. The zero-order valence-electron chi connectivity index (χ0n) is 7.51. The fourth-order valence-electron chi connectivity index (χ4n) is 0.672. The van der Waals surface area contributed by atoms with Crippen molar-refractivity contribution in [1.29, 1.82) is 5.26 Å². The van der Waals surface area contributed by atoms with Gasteiger partial charge < -0.3 is 16.3 Å². The molecule has 0 saturated carbocycles. The number of oxime groups is 1. The van der Waals surface area contributed by atoms with Gasteiger partial charge in [-0.1, -0.05) is 5.16 Å². The molecule has 0 aliphatic rings. The van der Waals surface area contributed by atoms with Crippen LogP contribution in [-0.4, -0.2) is 16.6 Å². The maximum Gasteiger partial charge on any atom is 0.281 e. The number of hydrogen-bond acceptors (Lipinski definition) is 7. The van der Waals surface area contributed by atoms with E-state index in [9.17, 15) is 4.79 Å². The van der Waals surface area contributed by atoms with Crippen molar-refractivity contribution in [3.63, 3.8) is 0 Å². The van der Waals surface area contributed by atoms with Gasteiger partial charge in [0.15, 0.2) is 11.7 Å². The Labute approximate surface area is 88.9 Å². The topological polar surface area (TPSA) is 127 Å². The fourth-order valence-corrected chi connectivity index (χ4v) is 1.22. The van der Waals surface area contributed by atoms with Crippen LogP contribution in [0.2, 0.25) is 0 Å². The van der Waals surface area contributed by atoms with E-state index in [4.69, 9.17) is 21.6 Å². The van der Waals surface area contributed by atoms with Gasteiger partial charge in [0.05, 0.1) is 5.69 Å². The number of rotatable bonds is 4. The van der Waals surface area contributed by atoms with Gasteiger partial charge in [-0.25, -0.2) is 4.98 Å². The first-order valence-corrected chi connectivity index (χ1v) is 4.61. The lowest BCUT2D eigenvalue weighted by molar-refractivity contribution is -0.112. The minimum Gasteiger partial charge on any atom is -0.388 e. The quantitative estimate of drug-likeness (QED) is 0.532. The Morgan fingerprint density at radius 2 is 2.53 bits per heavy atom. The Morgan fingerprint density at radius 3 is 3.00 bits per heavy atom. The average molecular weight is 225 g/mol. The summed E-state index contributed by atoms with van der Waals surface area (Å²) in [6, 6.07) is 1.50. The Bertz CT molecular complexity index is 433. The first-order valence-electron chi connectivity index (χ1n) is 3.73. The number of carbonyl (C=O) groups excluding carboxylic acids is 1. The predicted octanol–water partition coefficient (Wildman–Crippen LogP) is -0.393. The van der Waals surface area contributed by atoms with E-state index < -0.39 is 11.6 Å². The molecule has 1 aromatic heterocycles. The van der Waals surface area contributed by atoms with Crippen molar-refractivity contribution < 1.29 is 9.63 Å². The number of nitrogens with zero attached hydrogens (tertiary/aromatic N) is 3. The maximum atomic E-state index is 10.5. The van der Waals surface area contributed by atoms with Gasteiger partial charge in [0.25, 0.3) is 5.91 Å². The van der Waals surface area contributed by atoms with Crippen molar-refractivity contribution in [2.24, 2.45) is 10.9 Å². The van der Waals surface area contributed by atoms with Gasteiger partial charge >= 0.3 is 0 Å². The number of carbonyl (C=O) groups is 1. The van der Waals surface area contributed by atoms with Crippen LogP contribution < -0.4 is 11.5 Å². The van der Waals surface area contributed by atoms with Crippen molar-refractivity contribution >= 4 is 28.1 Å². The molecular formula is C7H7N5O2S. The summed E-state index contributed by atoms with van der Waals surface area (Å²) in [5.41, 5.74) is 10.3. The molecule has 0 spiro atoms. The van der Waals surface area contributed by atoms with Crippen molar-refractivity contribution in [1.82, 2.24) is 4.98 Å². The molecule has 0 atom stereocenters. The molecule has 0 aliphatic heterocycles. The monoisotopic (exact) mass is 225 g/mol. The maximum absolute atomic E-state index is 10.5. The van der Waals surface area contributed by atoms with E-state index in [1.807, 2.05) is 0 Å². The smallest absolute Gasteiger partial charge is 0.281 e. The summed E-state index contributed by atoms with van der Waals surface area (Å²) in [5, 5.41) is 13.7. The second-order valence-electron chi connectivity index (χ2n) is 2.37. The second-order valence-corrected chi connectivity index (χ2v) is 3.26. The average Bonchev–Trinajstić information content (AvgIpc) is 2.58. The van der Waals surface area contributed by atoms with Crippen LogP contribution in [-0.2, 0) is 16.2 Å². The van der Waals surface area contributed by atoms with Crippen LogP contribution in [0.25, 0.3) is 0 Å². The summed E-state index contributed by atoms with van der Waals surface area (Å²) < 4.78 is 0. The number of thiazole rings is 1.